The van der Waals surface area contributed by atoms with Crippen LogP contribution in [0.5, 0.6) is 5.75 Å². The summed E-state index contributed by atoms with van der Waals surface area (Å²) >= 11 is 0. The van der Waals surface area contributed by atoms with Gasteiger partial charge in [0, 0.05) is 11.8 Å². The van der Waals surface area contributed by atoms with Crippen LogP contribution in [-0.2, 0) is 0 Å². The Balaban J connectivity index is 2.11. The van der Waals surface area contributed by atoms with Crippen LogP contribution in [-0.4, -0.2) is 17.1 Å². The number of benzene rings is 1. The van der Waals surface area contributed by atoms with Crippen LogP contribution in [0.3, 0.4) is 0 Å². The van der Waals surface area contributed by atoms with Gasteiger partial charge in [-0.1, -0.05) is 0 Å². The lowest BCUT2D eigenvalue weighted by Crippen LogP contribution is -1.93. The van der Waals surface area contributed by atoms with E-state index in [1.807, 2.05) is 24.3 Å². The predicted octanol–water partition coefficient (Wildman–Crippen LogP) is 2.03. The molecule has 0 aliphatic carbocycles. The average molecular weight is 200 g/mol. The van der Waals surface area contributed by atoms with E-state index < -0.39 is 0 Å². The Morgan fingerprint density at radius 2 is 2.07 bits per heavy atom. The summed E-state index contributed by atoms with van der Waals surface area (Å²) < 4.78 is 5.06. The third-order valence-corrected chi connectivity index (χ3v) is 1.89. The van der Waals surface area contributed by atoms with Crippen molar-refractivity contribution >= 4 is 11.5 Å². The molecule has 1 radical (unpaired) electrons. The molecule has 0 aliphatic rings. The van der Waals surface area contributed by atoms with E-state index in [-0.39, 0.29) is 0 Å². The van der Waals surface area contributed by atoms with Gasteiger partial charge in [0.25, 0.3) is 0 Å². The number of nitrogens with zero attached hydrogens (tertiary/aromatic N) is 2. The number of hydrogen-bond donors (Lipinski definition) is 1. The van der Waals surface area contributed by atoms with Gasteiger partial charge in [-0.25, -0.2) is 9.97 Å². The van der Waals surface area contributed by atoms with E-state index in [4.69, 9.17) is 4.74 Å². The first-order chi connectivity index (χ1) is 7.38. The van der Waals surface area contributed by atoms with E-state index in [1.165, 1.54) is 6.33 Å². The molecule has 2 rings (SSSR count). The number of anilines is 2. The zero-order chi connectivity index (χ0) is 10.5. The summed E-state index contributed by atoms with van der Waals surface area (Å²) in [5, 5.41) is 3.12. The van der Waals surface area contributed by atoms with Crippen LogP contribution < -0.4 is 10.1 Å². The molecular formula is C11H10N3O. The van der Waals surface area contributed by atoms with Crippen LogP contribution in [0.1, 0.15) is 0 Å². The molecule has 4 nitrogen and oxygen atoms in total. The van der Waals surface area contributed by atoms with Crippen molar-refractivity contribution in [1.29, 1.82) is 0 Å². The molecule has 0 saturated carbocycles. The molecule has 1 heterocycles. The molecule has 75 valence electrons. The highest BCUT2D eigenvalue weighted by atomic mass is 16.5. The maximum Gasteiger partial charge on any atom is 0.134 e. The molecule has 1 aromatic heterocycles. The second-order valence-corrected chi connectivity index (χ2v) is 2.89. The van der Waals surface area contributed by atoms with Crippen LogP contribution in [0.4, 0.5) is 11.5 Å². The Kier molecular flexibility index (Phi) is 2.78. The summed E-state index contributed by atoms with van der Waals surface area (Å²) in [6.45, 7) is 0. The van der Waals surface area contributed by atoms with Crippen molar-refractivity contribution < 1.29 is 4.74 Å². The van der Waals surface area contributed by atoms with E-state index in [2.05, 4.69) is 21.5 Å². The van der Waals surface area contributed by atoms with Crippen molar-refractivity contribution in [1.82, 2.24) is 9.97 Å². The largest absolute Gasteiger partial charge is 0.497 e. The molecule has 15 heavy (non-hydrogen) atoms. The topological polar surface area (TPSA) is 47.0 Å². The highest BCUT2D eigenvalue weighted by molar-refractivity contribution is 5.56. The lowest BCUT2D eigenvalue weighted by Gasteiger charge is -2.05. The molecule has 0 unspecified atom stereocenters. The Hall–Kier alpha value is -2.10. The van der Waals surface area contributed by atoms with Crippen molar-refractivity contribution in [2.75, 3.05) is 12.4 Å². The quantitative estimate of drug-likeness (QED) is 0.823. The summed E-state index contributed by atoms with van der Waals surface area (Å²) in [6, 6.07) is 9.28. The molecule has 0 amide bonds. The molecule has 0 fully saturated rings. The fourth-order valence-corrected chi connectivity index (χ4v) is 1.15. The predicted molar refractivity (Wildman–Crippen MR) is 57.1 cm³/mol. The van der Waals surface area contributed by atoms with Crippen molar-refractivity contribution in [2.45, 2.75) is 0 Å². The van der Waals surface area contributed by atoms with Gasteiger partial charge >= 0.3 is 0 Å². The van der Waals surface area contributed by atoms with Gasteiger partial charge in [0.15, 0.2) is 0 Å². The Morgan fingerprint density at radius 3 is 2.67 bits per heavy atom. The van der Waals surface area contributed by atoms with Crippen LogP contribution >= 0.6 is 0 Å². The molecular weight excluding hydrogens is 190 g/mol. The maximum atomic E-state index is 5.06. The smallest absolute Gasteiger partial charge is 0.134 e. The number of methoxy groups -OCH3 is 1. The highest BCUT2D eigenvalue weighted by Gasteiger charge is 1.95. The summed E-state index contributed by atoms with van der Waals surface area (Å²) in [5.41, 5.74) is 0.947. The number of nitrogens with one attached hydrogen (secondary N) is 1. The maximum absolute atomic E-state index is 5.06. The summed E-state index contributed by atoms with van der Waals surface area (Å²) in [5.74, 6) is 1.55. The Bertz CT molecular complexity index is 414. The Labute approximate surface area is 88.0 Å². The van der Waals surface area contributed by atoms with Gasteiger partial charge in [-0.05, 0) is 24.3 Å². The minimum atomic E-state index is 0.718. The first-order valence-corrected chi connectivity index (χ1v) is 4.47. The molecule has 0 atom stereocenters. The van der Waals surface area contributed by atoms with E-state index in [1.54, 1.807) is 13.2 Å². The summed E-state index contributed by atoms with van der Waals surface area (Å²) in [6.07, 6.45) is 4.15. The van der Waals surface area contributed by atoms with Gasteiger partial charge in [0.1, 0.15) is 17.9 Å². The van der Waals surface area contributed by atoms with Gasteiger partial charge in [0.2, 0.25) is 0 Å². The van der Waals surface area contributed by atoms with Crippen molar-refractivity contribution in [3.05, 3.63) is 42.9 Å². The zero-order valence-electron chi connectivity index (χ0n) is 8.27. The molecule has 4 heteroatoms. The van der Waals surface area contributed by atoms with Crippen LogP contribution in [0.15, 0.2) is 36.7 Å². The van der Waals surface area contributed by atoms with Crippen molar-refractivity contribution in [3.8, 4) is 5.75 Å². The number of hydrogen-bond acceptors (Lipinski definition) is 4. The number of ether oxygens (including phenoxy) is 1. The molecule has 0 spiro atoms. The first-order valence-electron chi connectivity index (χ1n) is 4.47. The number of rotatable bonds is 3. The first kappa shape index (κ1) is 9.45. The fraction of sp³-hybridized carbons (Fsp3) is 0.0909. The SMILES string of the molecule is COc1ccc(Nc2c[c]ncn2)cc1. The second-order valence-electron chi connectivity index (χ2n) is 2.89. The van der Waals surface area contributed by atoms with Crippen molar-refractivity contribution in [2.24, 2.45) is 0 Å². The average Bonchev–Trinajstić information content (AvgIpc) is 2.31. The minimum absolute atomic E-state index is 0.718. The van der Waals surface area contributed by atoms with Crippen LogP contribution in [0.25, 0.3) is 0 Å². The standard InChI is InChI=1S/C11H10N3O/c1-15-10-4-2-9(3-5-10)14-11-6-7-12-8-13-11/h2-6,8H,1H3,(H,12,13,14). The van der Waals surface area contributed by atoms with Gasteiger partial charge < -0.3 is 10.1 Å². The van der Waals surface area contributed by atoms with Crippen LogP contribution in [0.2, 0.25) is 0 Å². The summed E-state index contributed by atoms with van der Waals surface area (Å²) in [7, 11) is 1.64. The molecule has 0 aliphatic heterocycles. The lowest BCUT2D eigenvalue weighted by atomic mass is 10.3. The van der Waals surface area contributed by atoms with E-state index in [0.29, 0.717) is 0 Å². The van der Waals surface area contributed by atoms with E-state index in [9.17, 15) is 0 Å². The van der Waals surface area contributed by atoms with Crippen LogP contribution in [0, 0.1) is 6.20 Å². The van der Waals surface area contributed by atoms with Crippen molar-refractivity contribution in [3.63, 3.8) is 0 Å². The molecule has 0 bridgehead atoms. The van der Waals surface area contributed by atoms with Gasteiger partial charge in [-0.2, -0.15) is 0 Å². The summed E-state index contributed by atoms with van der Waals surface area (Å²) in [4.78, 5) is 7.75. The van der Waals surface area contributed by atoms with E-state index in [0.717, 1.165) is 17.3 Å². The lowest BCUT2D eigenvalue weighted by molar-refractivity contribution is 0.415. The molecule has 1 N–H and O–H groups in total. The van der Waals surface area contributed by atoms with Gasteiger partial charge in [-0.3, -0.25) is 0 Å². The second kappa shape index (κ2) is 4.41. The minimum Gasteiger partial charge on any atom is -0.497 e. The third kappa shape index (κ3) is 2.43. The van der Waals surface area contributed by atoms with Gasteiger partial charge in [-0.15, -0.1) is 0 Å². The third-order valence-electron chi connectivity index (χ3n) is 1.89. The molecule has 2 aromatic rings. The Morgan fingerprint density at radius 1 is 1.27 bits per heavy atom. The molecule has 0 saturated heterocycles. The highest BCUT2D eigenvalue weighted by Crippen LogP contribution is 2.17. The fourth-order valence-electron chi connectivity index (χ4n) is 1.15. The zero-order valence-corrected chi connectivity index (χ0v) is 8.27. The number of aromatic nitrogens is 2. The monoisotopic (exact) mass is 200 g/mol. The van der Waals surface area contributed by atoms with Gasteiger partial charge in [0.05, 0.1) is 13.3 Å². The normalized spacial score (nSPS) is 9.67. The molecule has 1 aromatic carbocycles. The van der Waals surface area contributed by atoms with E-state index >= 15 is 0 Å².